The first-order valence-electron chi connectivity index (χ1n) is 8.24. The van der Waals surface area contributed by atoms with E-state index in [2.05, 4.69) is 15.5 Å². The van der Waals surface area contributed by atoms with Crippen molar-refractivity contribution in [2.45, 2.75) is 6.92 Å². The molecule has 0 aromatic heterocycles. The highest BCUT2D eigenvalue weighted by Crippen LogP contribution is 2.26. The molecule has 0 saturated carbocycles. The molecule has 0 radical (unpaired) electrons. The largest absolute Gasteiger partial charge is 0.378 e. The fourth-order valence-corrected chi connectivity index (χ4v) is 2.98. The van der Waals surface area contributed by atoms with Crippen LogP contribution < -0.4 is 15.5 Å². The Kier molecular flexibility index (Phi) is 5.63. The molecule has 0 spiro atoms. The van der Waals surface area contributed by atoms with Crippen LogP contribution in [0.15, 0.2) is 48.5 Å². The summed E-state index contributed by atoms with van der Waals surface area (Å²) in [5.41, 5.74) is 3.55. The smallest absolute Gasteiger partial charge is 0.257 e. The first kappa shape index (κ1) is 17.4. The Balaban J connectivity index is 1.68. The highest BCUT2D eigenvalue weighted by Gasteiger charge is 2.15. The van der Waals surface area contributed by atoms with Gasteiger partial charge in [-0.25, -0.2) is 0 Å². The van der Waals surface area contributed by atoms with E-state index in [-0.39, 0.29) is 11.0 Å². The molecule has 1 amide bonds. The van der Waals surface area contributed by atoms with Crippen LogP contribution in [0, 0.1) is 6.92 Å². The quantitative estimate of drug-likeness (QED) is 0.829. The molecule has 130 valence electrons. The van der Waals surface area contributed by atoms with Crippen molar-refractivity contribution in [3.8, 4) is 0 Å². The van der Waals surface area contributed by atoms with E-state index < -0.39 is 0 Å². The fraction of sp³-hybridized carbons (Fsp3) is 0.263. The van der Waals surface area contributed by atoms with Crippen molar-refractivity contribution in [2.75, 3.05) is 36.5 Å². The number of hydrogen-bond acceptors (Lipinski definition) is 4. The summed E-state index contributed by atoms with van der Waals surface area (Å²) in [5.74, 6) is -0.218. The van der Waals surface area contributed by atoms with Crippen LogP contribution in [-0.2, 0) is 4.74 Å². The number of hydrogen-bond donors (Lipinski definition) is 2. The maximum Gasteiger partial charge on any atom is 0.257 e. The van der Waals surface area contributed by atoms with Crippen molar-refractivity contribution >= 4 is 34.6 Å². The zero-order valence-corrected chi connectivity index (χ0v) is 14.9. The Morgan fingerprint density at radius 3 is 2.64 bits per heavy atom. The summed E-state index contributed by atoms with van der Waals surface area (Å²) in [7, 11) is 0. The Morgan fingerprint density at radius 2 is 1.88 bits per heavy atom. The number of ether oxygens (including phenoxy) is 1. The van der Waals surface area contributed by atoms with Gasteiger partial charge in [-0.3, -0.25) is 10.1 Å². The van der Waals surface area contributed by atoms with E-state index in [1.807, 2.05) is 49.4 Å². The number of carbonyl (C=O) groups excluding carboxylic acids is 1. The molecular weight excluding hydrogens is 334 g/mol. The monoisotopic (exact) mass is 355 g/mol. The van der Waals surface area contributed by atoms with E-state index in [0.717, 1.165) is 30.0 Å². The van der Waals surface area contributed by atoms with Gasteiger partial charge < -0.3 is 15.0 Å². The molecule has 2 aromatic rings. The van der Waals surface area contributed by atoms with Crippen molar-refractivity contribution in [3.63, 3.8) is 0 Å². The Morgan fingerprint density at radius 1 is 1.12 bits per heavy atom. The number of para-hydroxylation sites is 2. The van der Waals surface area contributed by atoms with Gasteiger partial charge in [-0.15, -0.1) is 0 Å². The maximum absolute atomic E-state index is 12.3. The summed E-state index contributed by atoms with van der Waals surface area (Å²) < 4.78 is 5.41. The number of rotatable bonds is 3. The number of nitrogens with zero attached hydrogens (tertiary/aromatic N) is 1. The Hall–Kier alpha value is -2.44. The second-order valence-corrected chi connectivity index (χ2v) is 6.30. The van der Waals surface area contributed by atoms with Crippen molar-refractivity contribution in [1.82, 2.24) is 5.32 Å². The molecule has 25 heavy (non-hydrogen) atoms. The molecule has 0 aliphatic carbocycles. The second kappa shape index (κ2) is 8.09. The lowest BCUT2D eigenvalue weighted by molar-refractivity contribution is 0.0977. The van der Waals surface area contributed by atoms with E-state index in [4.69, 9.17) is 17.0 Å². The predicted octanol–water partition coefficient (Wildman–Crippen LogP) is 2.96. The molecule has 0 atom stereocenters. The molecule has 5 nitrogen and oxygen atoms in total. The standard InChI is InChI=1S/C19H21N3O2S/c1-14-5-4-6-15(13-14)18(23)21-19(25)20-16-7-2-3-8-17(16)22-9-11-24-12-10-22/h2-8,13H,9-12H2,1H3,(H2,20,21,23,25). The van der Waals surface area contributed by atoms with Gasteiger partial charge in [0.1, 0.15) is 0 Å². The topological polar surface area (TPSA) is 53.6 Å². The fourth-order valence-electron chi connectivity index (χ4n) is 2.77. The molecule has 1 aliphatic heterocycles. The van der Waals surface area contributed by atoms with Gasteiger partial charge in [0.15, 0.2) is 5.11 Å². The molecule has 2 aromatic carbocycles. The third-order valence-electron chi connectivity index (χ3n) is 4.01. The average molecular weight is 355 g/mol. The van der Waals surface area contributed by atoms with Crippen molar-refractivity contribution in [3.05, 3.63) is 59.7 Å². The summed E-state index contributed by atoms with van der Waals surface area (Å²) in [5, 5.41) is 6.16. The second-order valence-electron chi connectivity index (χ2n) is 5.89. The first-order chi connectivity index (χ1) is 12.1. The van der Waals surface area contributed by atoms with Gasteiger partial charge in [-0.1, -0.05) is 29.8 Å². The number of carbonyl (C=O) groups is 1. The summed E-state index contributed by atoms with van der Waals surface area (Å²) in [6.45, 7) is 5.04. The average Bonchev–Trinajstić information content (AvgIpc) is 2.63. The summed E-state index contributed by atoms with van der Waals surface area (Å²) in [6, 6.07) is 15.3. The molecule has 1 fully saturated rings. The minimum Gasteiger partial charge on any atom is -0.378 e. The van der Waals surface area contributed by atoms with Crippen LogP contribution >= 0.6 is 12.2 Å². The molecular formula is C19H21N3O2S. The number of benzene rings is 2. The molecule has 1 heterocycles. The van der Waals surface area contributed by atoms with Gasteiger partial charge >= 0.3 is 0 Å². The van der Waals surface area contributed by atoms with Crippen LogP contribution in [-0.4, -0.2) is 37.3 Å². The van der Waals surface area contributed by atoms with E-state index >= 15 is 0 Å². The molecule has 3 rings (SSSR count). The van der Waals surface area contributed by atoms with Gasteiger partial charge in [0.25, 0.3) is 5.91 Å². The van der Waals surface area contributed by atoms with Gasteiger partial charge in [0.2, 0.25) is 0 Å². The molecule has 6 heteroatoms. The maximum atomic E-state index is 12.3. The number of nitrogens with one attached hydrogen (secondary N) is 2. The minimum absolute atomic E-state index is 0.218. The molecule has 0 bridgehead atoms. The summed E-state index contributed by atoms with van der Waals surface area (Å²) in [6.07, 6.45) is 0. The zero-order chi connectivity index (χ0) is 17.6. The van der Waals surface area contributed by atoms with Crippen LogP contribution in [0.3, 0.4) is 0 Å². The minimum atomic E-state index is -0.218. The SMILES string of the molecule is Cc1cccc(C(=O)NC(=S)Nc2ccccc2N2CCOCC2)c1. The predicted molar refractivity (Wildman–Crippen MR) is 104 cm³/mol. The summed E-state index contributed by atoms with van der Waals surface area (Å²) in [4.78, 5) is 14.6. The van der Waals surface area contributed by atoms with Crippen LogP contribution in [0.4, 0.5) is 11.4 Å². The highest BCUT2D eigenvalue weighted by molar-refractivity contribution is 7.80. The van der Waals surface area contributed by atoms with Gasteiger partial charge in [-0.2, -0.15) is 0 Å². The summed E-state index contributed by atoms with van der Waals surface area (Å²) >= 11 is 5.32. The van der Waals surface area contributed by atoms with Crippen molar-refractivity contribution < 1.29 is 9.53 Å². The number of aryl methyl sites for hydroxylation is 1. The van der Waals surface area contributed by atoms with Crippen molar-refractivity contribution in [1.29, 1.82) is 0 Å². The third-order valence-corrected chi connectivity index (χ3v) is 4.22. The van der Waals surface area contributed by atoms with E-state index in [0.29, 0.717) is 18.8 Å². The lowest BCUT2D eigenvalue weighted by Gasteiger charge is -2.30. The number of amides is 1. The van der Waals surface area contributed by atoms with E-state index in [1.165, 1.54) is 0 Å². The van der Waals surface area contributed by atoms with Crippen LogP contribution in [0.25, 0.3) is 0 Å². The van der Waals surface area contributed by atoms with E-state index in [1.54, 1.807) is 6.07 Å². The van der Waals surface area contributed by atoms with Gasteiger partial charge in [0, 0.05) is 18.7 Å². The first-order valence-corrected chi connectivity index (χ1v) is 8.65. The zero-order valence-electron chi connectivity index (χ0n) is 14.1. The number of morpholine rings is 1. The van der Waals surface area contributed by atoms with Crippen LogP contribution in [0.2, 0.25) is 0 Å². The van der Waals surface area contributed by atoms with E-state index in [9.17, 15) is 4.79 Å². The Bertz CT molecular complexity index is 773. The molecule has 0 unspecified atom stereocenters. The lowest BCUT2D eigenvalue weighted by atomic mass is 10.1. The normalized spacial score (nSPS) is 14.0. The van der Waals surface area contributed by atoms with Crippen molar-refractivity contribution in [2.24, 2.45) is 0 Å². The van der Waals surface area contributed by atoms with Crippen LogP contribution in [0.5, 0.6) is 0 Å². The number of thiocarbonyl (C=S) groups is 1. The highest BCUT2D eigenvalue weighted by atomic mass is 32.1. The van der Waals surface area contributed by atoms with Gasteiger partial charge in [-0.05, 0) is 43.4 Å². The number of anilines is 2. The molecule has 1 aliphatic rings. The van der Waals surface area contributed by atoms with Gasteiger partial charge in [0.05, 0.1) is 24.6 Å². The third kappa shape index (κ3) is 4.55. The van der Waals surface area contributed by atoms with Crippen LogP contribution in [0.1, 0.15) is 15.9 Å². The molecule has 1 saturated heterocycles. The molecule has 2 N–H and O–H groups in total. The lowest BCUT2D eigenvalue weighted by Crippen LogP contribution is -2.38. The Labute approximate surface area is 153 Å².